The van der Waals surface area contributed by atoms with Crippen molar-refractivity contribution < 1.29 is 13.9 Å². The van der Waals surface area contributed by atoms with Gasteiger partial charge in [0.2, 0.25) is 0 Å². The van der Waals surface area contributed by atoms with E-state index in [1.165, 1.54) is 12.1 Å². The Morgan fingerprint density at radius 3 is 2.61 bits per heavy atom. The van der Waals surface area contributed by atoms with Gasteiger partial charge in [0.1, 0.15) is 11.9 Å². The number of nitrogens with zero attached hydrogens (tertiary/aromatic N) is 1. The topological polar surface area (TPSA) is 39.2 Å². The first-order chi connectivity index (χ1) is 16.0. The molecule has 2 aromatic carbocycles. The fourth-order valence-corrected chi connectivity index (χ4v) is 5.09. The molecular formula is C29H30FNO2. The Hall–Kier alpha value is -3.01. The average molecular weight is 444 g/mol. The maximum atomic E-state index is 13.7. The van der Waals surface area contributed by atoms with Gasteiger partial charge in [-0.1, -0.05) is 50.3 Å². The summed E-state index contributed by atoms with van der Waals surface area (Å²) in [4.78, 5) is 17.3. The molecule has 0 N–H and O–H groups in total. The Kier molecular flexibility index (Phi) is 6.01. The third kappa shape index (κ3) is 4.85. The number of para-hydroxylation sites is 1. The normalized spacial score (nSPS) is 21.2. The quantitative estimate of drug-likeness (QED) is 0.375. The molecule has 1 saturated carbocycles. The second kappa shape index (κ2) is 9.09. The summed E-state index contributed by atoms with van der Waals surface area (Å²) in [6.07, 6.45) is 8.56. The molecule has 4 heteroatoms. The van der Waals surface area contributed by atoms with E-state index in [1.54, 1.807) is 0 Å². The van der Waals surface area contributed by atoms with Crippen LogP contribution in [0.3, 0.4) is 0 Å². The number of hydrogen-bond acceptors (Lipinski definition) is 3. The molecule has 0 spiro atoms. The maximum absolute atomic E-state index is 13.7. The van der Waals surface area contributed by atoms with Crippen molar-refractivity contribution in [3.8, 4) is 11.1 Å². The Bertz CT molecular complexity index is 1190. The smallest absolute Gasteiger partial charge is 0.306 e. The second-order valence-electron chi connectivity index (χ2n) is 9.91. The van der Waals surface area contributed by atoms with E-state index in [4.69, 9.17) is 9.72 Å². The summed E-state index contributed by atoms with van der Waals surface area (Å²) >= 11 is 0. The number of rotatable bonds is 6. The predicted molar refractivity (Wildman–Crippen MR) is 130 cm³/mol. The summed E-state index contributed by atoms with van der Waals surface area (Å²) in [7, 11) is 0. The van der Waals surface area contributed by atoms with Crippen molar-refractivity contribution in [3.63, 3.8) is 0 Å². The van der Waals surface area contributed by atoms with Crippen molar-refractivity contribution in [2.45, 2.75) is 58.0 Å². The van der Waals surface area contributed by atoms with Crippen LogP contribution in [-0.4, -0.2) is 17.1 Å². The van der Waals surface area contributed by atoms with Crippen LogP contribution >= 0.6 is 0 Å². The Morgan fingerprint density at radius 1 is 1.12 bits per heavy atom. The molecule has 170 valence electrons. The van der Waals surface area contributed by atoms with Crippen LogP contribution < -0.4 is 0 Å². The largest absolute Gasteiger partial charge is 0.458 e. The average Bonchev–Trinajstić information content (AvgIpc) is 3.62. The number of aromatic nitrogens is 1. The van der Waals surface area contributed by atoms with E-state index in [0.717, 1.165) is 59.0 Å². The third-order valence-corrected chi connectivity index (χ3v) is 6.64. The van der Waals surface area contributed by atoms with Gasteiger partial charge in [-0.15, -0.1) is 0 Å². The van der Waals surface area contributed by atoms with Crippen molar-refractivity contribution in [2.24, 2.45) is 11.8 Å². The van der Waals surface area contributed by atoms with Crippen LogP contribution in [0.1, 0.15) is 63.1 Å². The van der Waals surface area contributed by atoms with E-state index in [-0.39, 0.29) is 17.9 Å². The van der Waals surface area contributed by atoms with Crippen molar-refractivity contribution in [3.05, 3.63) is 71.7 Å². The Morgan fingerprint density at radius 2 is 1.88 bits per heavy atom. The highest BCUT2D eigenvalue weighted by Gasteiger charge is 2.31. The van der Waals surface area contributed by atoms with Gasteiger partial charge in [0, 0.05) is 28.9 Å². The highest BCUT2D eigenvalue weighted by atomic mass is 19.1. The maximum Gasteiger partial charge on any atom is 0.306 e. The molecule has 2 atom stereocenters. The van der Waals surface area contributed by atoms with E-state index >= 15 is 0 Å². The lowest BCUT2D eigenvalue weighted by atomic mass is 9.87. The van der Waals surface area contributed by atoms with Gasteiger partial charge in [0.25, 0.3) is 0 Å². The van der Waals surface area contributed by atoms with Gasteiger partial charge in [-0.05, 0) is 67.4 Å². The third-order valence-electron chi connectivity index (χ3n) is 6.64. The first-order valence-corrected chi connectivity index (χ1v) is 12.0. The first kappa shape index (κ1) is 21.8. The molecular weight excluding hydrogens is 413 g/mol. The summed E-state index contributed by atoms with van der Waals surface area (Å²) < 4.78 is 19.4. The van der Waals surface area contributed by atoms with Gasteiger partial charge in [0.05, 0.1) is 11.2 Å². The zero-order valence-corrected chi connectivity index (χ0v) is 19.3. The minimum absolute atomic E-state index is 0.112. The number of hydrogen-bond donors (Lipinski definition) is 0. The molecule has 1 aromatic heterocycles. The molecule has 3 aromatic rings. The molecule has 1 aliphatic carbocycles. The molecule has 5 rings (SSSR count). The number of cyclic esters (lactones) is 1. The standard InChI is InChI=1S/C29H30FNO2/c1-18(2)15-19-16-23(33-27(32)17-19)13-14-25-28(20-9-11-22(30)12-10-20)24-5-3-4-6-26(24)31-29(25)21-7-8-21/h3-6,9-14,18-19,21,23H,7-8,15-17H2,1-2H3/b14-13+. The molecule has 33 heavy (non-hydrogen) atoms. The number of carbonyl (C=O) groups is 1. The van der Waals surface area contributed by atoms with Crippen LogP contribution in [0.15, 0.2) is 54.6 Å². The van der Waals surface area contributed by atoms with Gasteiger partial charge in [-0.2, -0.15) is 0 Å². The fourth-order valence-electron chi connectivity index (χ4n) is 5.09. The van der Waals surface area contributed by atoms with E-state index in [2.05, 4.69) is 26.0 Å². The van der Waals surface area contributed by atoms with Gasteiger partial charge in [0.15, 0.2) is 0 Å². The van der Waals surface area contributed by atoms with Crippen molar-refractivity contribution in [1.29, 1.82) is 0 Å². The molecule has 1 aliphatic heterocycles. The molecule has 0 amide bonds. The van der Waals surface area contributed by atoms with E-state index in [0.29, 0.717) is 24.2 Å². The summed E-state index contributed by atoms with van der Waals surface area (Å²) in [5.74, 6) is 0.995. The van der Waals surface area contributed by atoms with Crippen molar-refractivity contribution in [2.75, 3.05) is 0 Å². The second-order valence-corrected chi connectivity index (χ2v) is 9.91. The number of esters is 1. The lowest BCUT2D eigenvalue weighted by Crippen LogP contribution is -2.28. The molecule has 0 radical (unpaired) electrons. The lowest BCUT2D eigenvalue weighted by Gasteiger charge is -2.28. The number of ether oxygens (including phenoxy) is 1. The number of fused-ring (bicyclic) bond motifs is 1. The van der Waals surface area contributed by atoms with Crippen molar-refractivity contribution >= 4 is 22.9 Å². The van der Waals surface area contributed by atoms with Crippen LogP contribution in [0.4, 0.5) is 4.39 Å². The fraction of sp³-hybridized carbons (Fsp3) is 0.379. The van der Waals surface area contributed by atoms with Gasteiger partial charge < -0.3 is 4.74 Å². The lowest BCUT2D eigenvalue weighted by molar-refractivity contribution is -0.153. The zero-order chi connectivity index (χ0) is 22.9. The Labute approximate surface area is 194 Å². The van der Waals surface area contributed by atoms with Crippen LogP contribution in [-0.2, 0) is 9.53 Å². The molecule has 2 fully saturated rings. The van der Waals surface area contributed by atoms with E-state index < -0.39 is 0 Å². The van der Waals surface area contributed by atoms with Crippen LogP contribution in [0.5, 0.6) is 0 Å². The molecule has 2 aliphatic rings. The Balaban J connectivity index is 1.59. The van der Waals surface area contributed by atoms with E-state index in [9.17, 15) is 9.18 Å². The number of benzene rings is 2. The molecule has 2 heterocycles. The predicted octanol–water partition coefficient (Wildman–Crippen LogP) is 7.30. The van der Waals surface area contributed by atoms with E-state index in [1.807, 2.05) is 36.4 Å². The number of carbonyl (C=O) groups excluding carboxylic acids is 1. The highest BCUT2D eigenvalue weighted by Crippen LogP contribution is 2.45. The molecule has 2 unspecified atom stereocenters. The van der Waals surface area contributed by atoms with Crippen LogP contribution in [0.25, 0.3) is 28.1 Å². The molecule has 3 nitrogen and oxygen atoms in total. The summed E-state index contributed by atoms with van der Waals surface area (Å²) in [5, 5.41) is 1.05. The number of pyridine rings is 1. The zero-order valence-electron chi connectivity index (χ0n) is 19.3. The van der Waals surface area contributed by atoms with Gasteiger partial charge >= 0.3 is 5.97 Å². The minimum atomic E-state index is -0.248. The van der Waals surface area contributed by atoms with Gasteiger partial charge in [-0.25, -0.2) is 4.39 Å². The SMILES string of the molecule is CC(C)CC1CC(=O)OC(/C=C/c2c(C3CC3)nc3ccccc3c2-c2ccc(F)cc2)C1. The molecule has 0 bridgehead atoms. The summed E-state index contributed by atoms with van der Waals surface area (Å²) in [6.45, 7) is 4.39. The minimum Gasteiger partial charge on any atom is -0.458 e. The number of halogens is 1. The summed E-state index contributed by atoms with van der Waals surface area (Å²) in [6, 6.07) is 14.8. The monoisotopic (exact) mass is 443 g/mol. The van der Waals surface area contributed by atoms with Crippen molar-refractivity contribution in [1.82, 2.24) is 4.98 Å². The summed E-state index contributed by atoms with van der Waals surface area (Å²) in [5.41, 5.74) is 5.14. The molecule has 1 saturated heterocycles. The first-order valence-electron chi connectivity index (χ1n) is 12.0. The highest BCUT2D eigenvalue weighted by molar-refractivity contribution is 5.99. The van der Waals surface area contributed by atoms with Crippen LogP contribution in [0, 0.1) is 17.7 Å². The van der Waals surface area contributed by atoms with Gasteiger partial charge in [-0.3, -0.25) is 9.78 Å². The van der Waals surface area contributed by atoms with Crippen LogP contribution in [0.2, 0.25) is 0 Å².